The number of fused-ring (bicyclic) bond motifs is 14. The number of benzene rings is 9. The van der Waals surface area contributed by atoms with Gasteiger partial charge in [-0.2, -0.15) is 10.5 Å². The fourth-order valence-corrected chi connectivity index (χ4v) is 8.79. The summed E-state index contributed by atoms with van der Waals surface area (Å²) in [5.74, 6) is 0. The molecule has 11 aromatic rings. The van der Waals surface area contributed by atoms with E-state index in [1.165, 1.54) is 0 Å². The lowest BCUT2D eigenvalue weighted by Gasteiger charge is -2.16. The lowest BCUT2D eigenvalue weighted by atomic mass is 10.00. The Labute approximate surface area is 297 Å². The highest BCUT2D eigenvalue weighted by molar-refractivity contribution is 6.30. The van der Waals surface area contributed by atoms with Gasteiger partial charge in [-0.3, -0.25) is 0 Å². The smallest absolute Gasteiger partial charge is 0.103 e. The SMILES string of the molecule is N#Cc1c(-n2c3ccc4ccccc4c3c3c4ccccc4ccc32)ccc(-n2c3ccc4ccccc4c3c3c4ccccc4ccc32)c1C#N. The molecule has 0 fully saturated rings. The van der Waals surface area contributed by atoms with E-state index in [4.69, 9.17) is 0 Å². The largest absolute Gasteiger partial charge is 0.308 e. The maximum Gasteiger partial charge on any atom is 0.103 e. The molecule has 0 aliphatic carbocycles. The Morgan fingerprint density at radius 1 is 0.308 bits per heavy atom. The van der Waals surface area contributed by atoms with E-state index in [0.717, 1.165) is 86.7 Å². The van der Waals surface area contributed by atoms with E-state index in [2.05, 4.69) is 167 Å². The van der Waals surface area contributed by atoms with Crippen molar-refractivity contribution in [1.82, 2.24) is 9.13 Å². The second kappa shape index (κ2) is 10.6. The van der Waals surface area contributed by atoms with Crippen molar-refractivity contribution in [2.45, 2.75) is 0 Å². The van der Waals surface area contributed by atoms with E-state index >= 15 is 0 Å². The first-order chi connectivity index (χ1) is 25.7. The third kappa shape index (κ3) is 3.68. The van der Waals surface area contributed by atoms with E-state index in [1.54, 1.807) is 0 Å². The Morgan fingerprint density at radius 3 is 0.846 bits per heavy atom. The molecule has 238 valence electrons. The van der Waals surface area contributed by atoms with Gasteiger partial charge in [0.25, 0.3) is 0 Å². The normalized spacial score (nSPS) is 11.8. The molecule has 52 heavy (non-hydrogen) atoms. The molecule has 0 bridgehead atoms. The molecule has 2 heterocycles. The lowest BCUT2D eigenvalue weighted by Crippen LogP contribution is -2.05. The molecule has 0 N–H and O–H groups in total. The fourth-order valence-electron chi connectivity index (χ4n) is 8.79. The van der Waals surface area contributed by atoms with E-state index in [9.17, 15) is 10.5 Å². The minimum absolute atomic E-state index is 0.344. The number of aromatic nitrogens is 2. The molecule has 4 nitrogen and oxygen atoms in total. The summed E-state index contributed by atoms with van der Waals surface area (Å²) in [7, 11) is 0. The van der Waals surface area contributed by atoms with Gasteiger partial charge in [0.15, 0.2) is 0 Å². The molecule has 0 saturated heterocycles. The first kappa shape index (κ1) is 28.4. The molecule has 0 aliphatic rings. The monoisotopic (exact) mass is 658 g/mol. The second-order valence-electron chi connectivity index (χ2n) is 13.5. The molecule has 0 amide bonds. The molecule has 11 rings (SSSR count). The van der Waals surface area contributed by atoms with Crippen LogP contribution in [0.1, 0.15) is 11.1 Å². The Balaban J connectivity index is 1.28. The van der Waals surface area contributed by atoms with Crippen molar-refractivity contribution in [3.05, 3.63) is 169 Å². The summed E-state index contributed by atoms with van der Waals surface area (Å²) in [4.78, 5) is 0. The van der Waals surface area contributed by atoms with Crippen molar-refractivity contribution in [3.63, 3.8) is 0 Å². The standard InChI is InChI=1S/C48H26N4/c49-27-37-38(28-50)40(52-43-23-19-31-11-3-7-15-35(31)47(43)48-36-16-8-4-12-32(36)20-24-44(48)52)26-25-39(37)51-41-21-17-29-9-1-5-13-33(29)45(41)46-34-14-6-2-10-30(34)18-22-42(46)51/h1-26H. The molecule has 0 unspecified atom stereocenters. The highest BCUT2D eigenvalue weighted by Crippen LogP contribution is 2.44. The van der Waals surface area contributed by atoms with Crippen LogP contribution >= 0.6 is 0 Å². The molecule has 0 saturated carbocycles. The van der Waals surface area contributed by atoms with Crippen molar-refractivity contribution in [3.8, 4) is 23.5 Å². The first-order valence-corrected chi connectivity index (χ1v) is 17.4. The van der Waals surface area contributed by atoms with Crippen molar-refractivity contribution < 1.29 is 0 Å². The average molecular weight is 659 g/mol. The van der Waals surface area contributed by atoms with Crippen LogP contribution in [-0.4, -0.2) is 9.13 Å². The van der Waals surface area contributed by atoms with Crippen molar-refractivity contribution in [1.29, 1.82) is 10.5 Å². The van der Waals surface area contributed by atoms with Crippen LogP contribution in [0.15, 0.2) is 158 Å². The third-order valence-electron chi connectivity index (χ3n) is 11.0. The molecule has 0 atom stereocenters. The predicted octanol–water partition coefficient (Wildman–Crippen LogP) is 12.2. The maximum absolute atomic E-state index is 11.0. The molecule has 2 aromatic heterocycles. The second-order valence-corrected chi connectivity index (χ2v) is 13.5. The Bertz CT molecular complexity index is 3020. The van der Waals surface area contributed by atoms with Gasteiger partial charge >= 0.3 is 0 Å². The summed E-state index contributed by atoms with van der Waals surface area (Å²) >= 11 is 0. The van der Waals surface area contributed by atoms with Gasteiger partial charge in [-0.1, -0.05) is 121 Å². The molecule has 0 aliphatic heterocycles. The van der Waals surface area contributed by atoms with Crippen LogP contribution in [0, 0.1) is 22.7 Å². The van der Waals surface area contributed by atoms with Crippen LogP contribution in [-0.2, 0) is 0 Å². The predicted molar refractivity (Wildman–Crippen MR) is 215 cm³/mol. The number of nitriles is 2. The molecule has 0 spiro atoms. The summed E-state index contributed by atoms with van der Waals surface area (Å²) in [6.07, 6.45) is 0. The average Bonchev–Trinajstić information content (AvgIpc) is 3.74. The van der Waals surface area contributed by atoms with Crippen LogP contribution < -0.4 is 0 Å². The zero-order chi connectivity index (χ0) is 34.5. The van der Waals surface area contributed by atoms with Crippen molar-refractivity contribution >= 4 is 86.7 Å². The maximum atomic E-state index is 11.0. The zero-order valence-corrected chi connectivity index (χ0v) is 27.8. The molecular weight excluding hydrogens is 633 g/mol. The van der Waals surface area contributed by atoms with Crippen LogP contribution in [0.25, 0.3) is 98.1 Å². The Morgan fingerprint density at radius 2 is 0.577 bits per heavy atom. The van der Waals surface area contributed by atoms with E-state index in [-0.39, 0.29) is 0 Å². The number of hydrogen-bond donors (Lipinski definition) is 0. The fraction of sp³-hybridized carbons (Fsp3) is 0. The summed E-state index contributed by atoms with van der Waals surface area (Å²) in [6, 6.07) is 60.1. The molecular formula is C48H26N4. The van der Waals surface area contributed by atoms with Crippen LogP contribution in [0.2, 0.25) is 0 Å². The lowest BCUT2D eigenvalue weighted by molar-refractivity contribution is 1.12. The van der Waals surface area contributed by atoms with Crippen molar-refractivity contribution in [2.75, 3.05) is 0 Å². The number of hydrogen-bond acceptors (Lipinski definition) is 2. The Hall–Kier alpha value is -7.40. The summed E-state index contributed by atoms with van der Waals surface area (Å²) in [6.45, 7) is 0. The zero-order valence-electron chi connectivity index (χ0n) is 27.8. The summed E-state index contributed by atoms with van der Waals surface area (Å²) in [5.41, 5.74) is 6.03. The van der Waals surface area contributed by atoms with E-state index < -0.39 is 0 Å². The van der Waals surface area contributed by atoms with E-state index in [1.807, 2.05) is 12.1 Å². The topological polar surface area (TPSA) is 57.4 Å². The van der Waals surface area contributed by atoms with Gasteiger partial charge in [0, 0.05) is 21.5 Å². The third-order valence-corrected chi connectivity index (χ3v) is 11.0. The van der Waals surface area contributed by atoms with Gasteiger partial charge in [-0.05, 0) is 79.5 Å². The molecule has 4 heteroatoms. The minimum Gasteiger partial charge on any atom is -0.308 e. The Kier molecular flexibility index (Phi) is 5.77. The molecule has 9 aromatic carbocycles. The van der Waals surface area contributed by atoms with Gasteiger partial charge < -0.3 is 9.13 Å². The minimum atomic E-state index is 0.344. The molecule has 0 radical (unpaired) electrons. The van der Waals surface area contributed by atoms with Crippen LogP contribution in [0.3, 0.4) is 0 Å². The van der Waals surface area contributed by atoms with Crippen molar-refractivity contribution in [2.24, 2.45) is 0 Å². The summed E-state index contributed by atoms with van der Waals surface area (Å²) in [5, 5.41) is 35.8. The van der Waals surface area contributed by atoms with Gasteiger partial charge in [0.2, 0.25) is 0 Å². The van der Waals surface area contributed by atoms with Gasteiger partial charge in [-0.15, -0.1) is 0 Å². The highest BCUT2D eigenvalue weighted by Gasteiger charge is 2.24. The van der Waals surface area contributed by atoms with Gasteiger partial charge in [0.1, 0.15) is 12.1 Å². The highest BCUT2D eigenvalue weighted by atomic mass is 15.0. The van der Waals surface area contributed by atoms with E-state index in [0.29, 0.717) is 22.5 Å². The number of rotatable bonds is 2. The quantitative estimate of drug-likeness (QED) is 0.186. The first-order valence-electron chi connectivity index (χ1n) is 17.4. The van der Waals surface area contributed by atoms with Gasteiger partial charge in [0.05, 0.1) is 44.6 Å². The summed E-state index contributed by atoms with van der Waals surface area (Å²) < 4.78 is 4.36. The van der Waals surface area contributed by atoms with Crippen LogP contribution in [0.4, 0.5) is 0 Å². The number of nitrogens with zero attached hydrogens (tertiary/aromatic N) is 4. The van der Waals surface area contributed by atoms with Crippen LogP contribution in [0.5, 0.6) is 0 Å². The van der Waals surface area contributed by atoms with Gasteiger partial charge in [-0.25, -0.2) is 0 Å².